The van der Waals surface area contributed by atoms with E-state index in [1.54, 1.807) is 11.6 Å². The maximum atomic E-state index is 12.1. The number of nitrogens with zero attached hydrogens (tertiary/aromatic N) is 3. The minimum Gasteiger partial charge on any atom is -0.465 e. The molecule has 1 aliphatic heterocycles. The Kier molecular flexibility index (Phi) is 4.52. The van der Waals surface area contributed by atoms with Gasteiger partial charge < -0.3 is 15.3 Å². The van der Waals surface area contributed by atoms with Crippen molar-refractivity contribution in [2.75, 3.05) is 13.1 Å². The van der Waals surface area contributed by atoms with Crippen LogP contribution in [0.4, 0.5) is 4.79 Å². The van der Waals surface area contributed by atoms with E-state index in [2.05, 4.69) is 15.3 Å². The van der Waals surface area contributed by atoms with Crippen molar-refractivity contribution in [2.45, 2.75) is 18.9 Å². The zero-order valence-electron chi connectivity index (χ0n) is 12.3. The van der Waals surface area contributed by atoms with Crippen LogP contribution in [0.25, 0.3) is 0 Å². The van der Waals surface area contributed by atoms with Crippen molar-refractivity contribution in [3.05, 3.63) is 46.2 Å². The average molecular weight is 332 g/mol. The molecule has 1 atom stereocenters. The summed E-state index contributed by atoms with van der Waals surface area (Å²) < 4.78 is 0. The Morgan fingerprint density at radius 3 is 3.00 bits per heavy atom. The number of likely N-dealkylation sites (tertiary alicyclic amines) is 1. The molecule has 3 heterocycles. The molecule has 0 bridgehead atoms. The monoisotopic (exact) mass is 332 g/mol. The van der Waals surface area contributed by atoms with Crippen LogP contribution in [0.1, 0.15) is 33.5 Å². The summed E-state index contributed by atoms with van der Waals surface area (Å²) in [6.45, 7) is 1.31. The number of hydrogen-bond acceptors (Lipinski definition) is 5. The fourth-order valence-corrected chi connectivity index (χ4v) is 3.41. The van der Waals surface area contributed by atoms with E-state index >= 15 is 0 Å². The Morgan fingerprint density at radius 1 is 1.43 bits per heavy atom. The van der Waals surface area contributed by atoms with Gasteiger partial charge in [-0.15, -0.1) is 11.3 Å². The molecule has 8 heteroatoms. The number of hydrogen-bond donors (Lipinski definition) is 2. The van der Waals surface area contributed by atoms with E-state index in [1.165, 1.54) is 16.2 Å². The lowest BCUT2D eigenvalue weighted by molar-refractivity contribution is 0.0945. The molecule has 1 saturated heterocycles. The highest BCUT2D eigenvalue weighted by Gasteiger charge is 2.29. The van der Waals surface area contributed by atoms with Crippen molar-refractivity contribution in [3.63, 3.8) is 0 Å². The lowest BCUT2D eigenvalue weighted by Crippen LogP contribution is -2.26. The molecule has 3 rings (SSSR count). The third kappa shape index (κ3) is 3.65. The maximum absolute atomic E-state index is 12.1. The Bertz CT molecular complexity index is 704. The Balaban J connectivity index is 1.58. The Morgan fingerprint density at radius 2 is 2.30 bits per heavy atom. The molecule has 1 aliphatic rings. The highest BCUT2D eigenvalue weighted by atomic mass is 32.1. The quantitative estimate of drug-likeness (QED) is 0.892. The SMILES string of the molecule is O=C(NCc1ccccn1)c1csc(C2CCN(C(=O)O)C2)n1. The summed E-state index contributed by atoms with van der Waals surface area (Å²) >= 11 is 1.40. The fraction of sp³-hybridized carbons (Fsp3) is 0.333. The van der Waals surface area contributed by atoms with Crippen LogP contribution >= 0.6 is 11.3 Å². The van der Waals surface area contributed by atoms with Gasteiger partial charge in [0, 0.05) is 30.6 Å². The predicted molar refractivity (Wildman–Crippen MR) is 84.5 cm³/mol. The van der Waals surface area contributed by atoms with E-state index in [0.29, 0.717) is 25.3 Å². The first kappa shape index (κ1) is 15.4. The van der Waals surface area contributed by atoms with E-state index in [4.69, 9.17) is 5.11 Å². The second kappa shape index (κ2) is 6.74. The van der Waals surface area contributed by atoms with Crippen LogP contribution in [0.15, 0.2) is 29.8 Å². The van der Waals surface area contributed by atoms with Gasteiger partial charge in [-0.05, 0) is 18.6 Å². The lowest BCUT2D eigenvalue weighted by Gasteiger charge is -2.10. The van der Waals surface area contributed by atoms with Gasteiger partial charge in [0.1, 0.15) is 5.69 Å². The molecular formula is C15H16N4O3S. The summed E-state index contributed by atoms with van der Waals surface area (Å²) in [5, 5.41) is 14.3. The Labute approximate surface area is 137 Å². The van der Waals surface area contributed by atoms with E-state index in [1.807, 2.05) is 18.2 Å². The minimum atomic E-state index is -0.905. The number of amides is 2. The zero-order chi connectivity index (χ0) is 16.2. The molecule has 2 amide bonds. The van der Waals surface area contributed by atoms with Crippen molar-refractivity contribution in [1.82, 2.24) is 20.2 Å². The number of carbonyl (C=O) groups is 2. The van der Waals surface area contributed by atoms with Crippen molar-refractivity contribution in [1.29, 1.82) is 0 Å². The van der Waals surface area contributed by atoms with Gasteiger partial charge >= 0.3 is 6.09 Å². The van der Waals surface area contributed by atoms with Gasteiger partial charge in [0.25, 0.3) is 5.91 Å². The fourth-order valence-electron chi connectivity index (χ4n) is 2.48. The molecule has 2 N–H and O–H groups in total. The second-order valence-electron chi connectivity index (χ2n) is 5.29. The molecule has 0 radical (unpaired) electrons. The highest BCUT2D eigenvalue weighted by Crippen LogP contribution is 2.29. The molecule has 7 nitrogen and oxygen atoms in total. The average Bonchev–Trinajstić information content (AvgIpc) is 3.22. The molecule has 0 saturated carbocycles. The summed E-state index contributed by atoms with van der Waals surface area (Å²) in [4.78, 5) is 33.0. The molecule has 2 aromatic heterocycles. The summed E-state index contributed by atoms with van der Waals surface area (Å²) in [6, 6.07) is 5.52. The number of pyridine rings is 1. The van der Waals surface area contributed by atoms with E-state index < -0.39 is 6.09 Å². The molecule has 1 unspecified atom stereocenters. The highest BCUT2D eigenvalue weighted by molar-refractivity contribution is 7.09. The smallest absolute Gasteiger partial charge is 0.407 e. The molecule has 0 aliphatic carbocycles. The third-order valence-electron chi connectivity index (χ3n) is 3.72. The van der Waals surface area contributed by atoms with Crippen molar-refractivity contribution in [3.8, 4) is 0 Å². The minimum absolute atomic E-state index is 0.0773. The Hall–Kier alpha value is -2.48. The molecule has 0 aromatic carbocycles. The molecule has 1 fully saturated rings. The van der Waals surface area contributed by atoms with Gasteiger partial charge in [0.2, 0.25) is 0 Å². The first-order chi connectivity index (χ1) is 11.1. The topological polar surface area (TPSA) is 95.4 Å². The zero-order valence-corrected chi connectivity index (χ0v) is 13.1. The van der Waals surface area contributed by atoms with Gasteiger partial charge in [-0.25, -0.2) is 9.78 Å². The first-order valence-corrected chi connectivity index (χ1v) is 8.13. The molecule has 2 aromatic rings. The first-order valence-electron chi connectivity index (χ1n) is 7.25. The summed E-state index contributed by atoms with van der Waals surface area (Å²) in [5.41, 5.74) is 1.15. The normalized spacial score (nSPS) is 17.2. The van der Waals surface area contributed by atoms with Crippen molar-refractivity contribution < 1.29 is 14.7 Å². The van der Waals surface area contributed by atoms with Gasteiger partial charge in [-0.3, -0.25) is 9.78 Å². The van der Waals surface area contributed by atoms with Crippen LogP contribution in [-0.2, 0) is 6.54 Å². The van der Waals surface area contributed by atoms with Crippen LogP contribution < -0.4 is 5.32 Å². The van der Waals surface area contributed by atoms with Gasteiger partial charge in [0.15, 0.2) is 0 Å². The van der Waals surface area contributed by atoms with Crippen LogP contribution in [0.5, 0.6) is 0 Å². The number of carbonyl (C=O) groups excluding carboxylic acids is 1. The van der Waals surface area contributed by atoms with E-state index in [9.17, 15) is 9.59 Å². The largest absolute Gasteiger partial charge is 0.465 e. The number of thiazole rings is 1. The predicted octanol–water partition coefficient (Wildman–Crippen LogP) is 1.94. The summed E-state index contributed by atoms with van der Waals surface area (Å²) in [6.07, 6.45) is 1.52. The van der Waals surface area contributed by atoms with Gasteiger partial charge in [-0.2, -0.15) is 0 Å². The summed E-state index contributed by atoms with van der Waals surface area (Å²) in [5.74, 6) is -0.167. The molecule has 120 valence electrons. The summed E-state index contributed by atoms with van der Waals surface area (Å²) in [7, 11) is 0. The lowest BCUT2D eigenvalue weighted by atomic mass is 10.1. The van der Waals surface area contributed by atoms with Crippen LogP contribution in [0.2, 0.25) is 0 Å². The van der Waals surface area contributed by atoms with Crippen LogP contribution in [-0.4, -0.2) is 45.1 Å². The van der Waals surface area contributed by atoms with Gasteiger partial charge in [0.05, 0.1) is 17.2 Å². The van der Waals surface area contributed by atoms with E-state index in [0.717, 1.165) is 17.1 Å². The van der Waals surface area contributed by atoms with Crippen molar-refractivity contribution >= 4 is 23.3 Å². The molecule has 0 spiro atoms. The standard InChI is InChI=1S/C15H16N4O3S/c20-13(17-7-11-3-1-2-5-16-11)12-9-23-14(18-12)10-4-6-19(8-10)15(21)22/h1-3,5,9-10H,4,6-8H2,(H,17,20)(H,21,22). The van der Waals surface area contributed by atoms with Crippen LogP contribution in [0.3, 0.4) is 0 Å². The van der Waals surface area contributed by atoms with Crippen molar-refractivity contribution in [2.24, 2.45) is 0 Å². The molecule has 23 heavy (non-hydrogen) atoms. The number of aromatic nitrogens is 2. The van der Waals surface area contributed by atoms with E-state index in [-0.39, 0.29) is 11.8 Å². The number of rotatable bonds is 4. The number of nitrogens with one attached hydrogen (secondary N) is 1. The second-order valence-corrected chi connectivity index (χ2v) is 6.18. The van der Waals surface area contributed by atoms with Crippen LogP contribution in [0, 0.1) is 0 Å². The van der Waals surface area contributed by atoms with Gasteiger partial charge in [-0.1, -0.05) is 6.07 Å². The number of carboxylic acid groups (broad SMARTS) is 1. The molecular weight excluding hydrogens is 316 g/mol. The third-order valence-corrected chi connectivity index (χ3v) is 4.73. The maximum Gasteiger partial charge on any atom is 0.407 e.